The third-order valence-electron chi connectivity index (χ3n) is 2.09. The van der Waals surface area contributed by atoms with Crippen LogP contribution in [-0.2, 0) is 17.7 Å². The summed E-state index contributed by atoms with van der Waals surface area (Å²) in [5.41, 5.74) is 0.385. The van der Waals surface area contributed by atoms with Crippen molar-refractivity contribution in [2.45, 2.75) is 19.9 Å². The zero-order chi connectivity index (χ0) is 12.1. The van der Waals surface area contributed by atoms with Crippen molar-refractivity contribution in [1.29, 1.82) is 0 Å². The standard InChI is InChI=1S/C10H12N4O2S/c1-2-16-10(15)8-5-17-9(13-8)3-4-14-6-11-12-7-14/h5-7H,2-4H2,1H3. The van der Waals surface area contributed by atoms with Crippen LogP contribution >= 0.6 is 11.3 Å². The smallest absolute Gasteiger partial charge is 0.357 e. The second-order valence-electron chi connectivity index (χ2n) is 3.30. The lowest BCUT2D eigenvalue weighted by Gasteiger charge is -1.98. The van der Waals surface area contributed by atoms with E-state index in [0.717, 1.165) is 18.0 Å². The van der Waals surface area contributed by atoms with Gasteiger partial charge in [0, 0.05) is 18.3 Å². The van der Waals surface area contributed by atoms with E-state index < -0.39 is 0 Å². The van der Waals surface area contributed by atoms with Gasteiger partial charge in [-0.05, 0) is 6.92 Å². The third-order valence-corrected chi connectivity index (χ3v) is 3.00. The molecule has 17 heavy (non-hydrogen) atoms. The summed E-state index contributed by atoms with van der Waals surface area (Å²) < 4.78 is 6.74. The number of aromatic nitrogens is 4. The quantitative estimate of drug-likeness (QED) is 0.747. The van der Waals surface area contributed by atoms with Gasteiger partial charge in [-0.3, -0.25) is 0 Å². The van der Waals surface area contributed by atoms with Gasteiger partial charge in [0.1, 0.15) is 12.7 Å². The van der Waals surface area contributed by atoms with Crippen molar-refractivity contribution in [3.8, 4) is 0 Å². The topological polar surface area (TPSA) is 69.9 Å². The number of hydrogen-bond donors (Lipinski definition) is 0. The van der Waals surface area contributed by atoms with Crippen LogP contribution in [0.1, 0.15) is 22.4 Å². The summed E-state index contributed by atoms with van der Waals surface area (Å²) in [5.74, 6) is -0.362. The van der Waals surface area contributed by atoms with Crippen LogP contribution in [-0.4, -0.2) is 32.3 Å². The maximum Gasteiger partial charge on any atom is 0.357 e. The van der Waals surface area contributed by atoms with Crippen LogP contribution in [0.4, 0.5) is 0 Å². The van der Waals surface area contributed by atoms with Gasteiger partial charge in [-0.25, -0.2) is 9.78 Å². The van der Waals surface area contributed by atoms with Gasteiger partial charge in [-0.15, -0.1) is 21.5 Å². The lowest BCUT2D eigenvalue weighted by molar-refractivity contribution is 0.0520. The molecule has 0 radical (unpaired) electrons. The molecule has 0 amide bonds. The van der Waals surface area contributed by atoms with E-state index in [9.17, 15) is 4.79 Å². The van der Waals surface area contributed by atoms with E-state index in [-0.39, 0.29) is 5.97 Å². The summed E-state index contributed by atoms with van der Waals surface area (Å²) in [6.07, 6.45) is 4.06. The van der Waals surface area contributed by atoms with Crippen LogP contribution in [0.3, 0.4) is 0 Å². The van der Waals surface area contributed by atoms with Crippen LogP contribution in [0.2, 0.25) is 0 Å². The number of aryl methyl sites for hydroxylation is 2. The predicted octanol–water partition coefficient (Wildman–Crippen LogP) is 1.15. The van der Waals surface area contributed by atoms with Crippen molar-refractivity contribution < 1.29 is 9.53 Å². The summed E-state index contributed by atoms with van der Waals surface area (Å²) >= 11 is 1.46. The molecular formula is C10H12N4O2S. The average Bonchev–Trinajstić information content (AvgIpc) is 2.98. The molecular weight excluding hydrogens is 240 g/mol. The molecule has 2 aromatic heterocycles. The van der Waals surface area contributed by atoms with Crippen LogP contribution in [0.5, 0.6) is 0 Å². The highest BCUT2D eigenvalue weighted by atomic mass is 32.1. The monoisotopic (exact) mass is 252 g/mol. The Bertz CT molecular complexity index is 480. The second kappa shape index (κ2) is 5.53. The maximum absolute atomic E-state index is 11.4. The number of carbonyl (C=O) groups excluding carboxylic acids is 1. The Hall–Kier alpha value is -1.76. The molecule has 0 bridgehead atoms. The molecule has 0 fully saturated rings. The van der Waals surface area contributed by atoms with Gasteiger partial charge in [0.05, 0.1) is 11.6 Å². The molecule has 0 spiro atoms. The van der Waals surface area contributed by atoms with Crippen molar-refractivity contribution in [2.75, 3.05) is 6.61 Å². The molecule has 0 aromatic carbocycles. The zero-order valence-electron chi connectivity index (χ0n) is 9.37. The van der Waals surface area contributed by atoms with Crippen LogP contribution in [0.15, 0.2) is 18.0 Å². The summed E-state index contributed by atoms with van der Waals surface area (Å²) in [6.45, 7) is 2.90. The van der Waals surface area contributed by atoms with Gasteiger partial charge >= 0.3 is 5.97 Å². The van der Waals surface area contributed by atoms with Crippen LogP contribution in [0.25, 0.3) is 0 Å². The molecule has 2 aromatic rings. The fraction of sp³-hybridized carbons (Fsp3) is 0.400. The van der Waals surface area contributed by atoms with Gasteiger partial charge < -0.3 is 9.30 Å². The van der Waals surface area contributed by atoms with Gasteiger partial charge in [-0.2, -0.15) is 0 Å². The van der Waals surface area contributed by atoms with E-state index in [0.29, 0.717) is 12.3 Å². The van der Waals surface area contributed by atoms with E-state index in [1.165, 1.54) is 11.3 Å². The summed E-state index contributed by atoms with van der Waals surface area (Å²) in [4.78, 5) is 15.6. The number of carbonyl (C=O) groups is 1. The largest absolute Gasteiger partial charge is 0.461 e. The minimum atomic E-state index is -0.362. The Labute approximate surface area is 102 Å². The van der Waals surface area contributed by atoms with Gasteiger partial charge in [0.15, 0.2) is 5.69 Å². The van der Waals surface area contributed by atoms with Gasteiger partial charge in [-0.1, -0.05) is 0 Å². The first-order valence-electron chi connectivity index (χ1n) is 5.23. The van der Waals surface area contributed by atoms with Crippen LogP contribution < -0.4 is 0 Å². The first-order valence-corrected chi connectivity index (χ1v) is 6.11. The van der Waals surface area contributed by atoms with E-state index in [4.69, 9.17) is 4.74 Å². The first kappa shape index (κ1) is 11.7. The molecule has 90 valence electrons. The van der Waals surface area contributed by atoms with Crippen molar-refractivity contribution >= 4 is 17.3 Å². The maximum atomic E-state index is 11.4. The van der Waals surface area contributed by atoms with Crippen molar-refractivity contribution in [2.24, 2.45) is 0 Å². The van der Waals surface area contributed by atoms with Gasteiger partial charge in [0.2, 0.25) is 0 Å². The van der Waals surface area contributed by atoms with E-state index in [1.54, 1.807) is 25.0 Å². The third kappa shape index (κ3) is 3.10. The SMILES string of the molecule is CCOC(=O)c1csc(CCn2cnnc2)n1. The van der Waals surface area contributed by atoms with E-state index >= 15 is 0 Å². The molecule has 0 aliphatic heterocycles. The Morgan fingerprint density at radius 3 is 2.94 bits per heavy atom. The predicted molar refractivity (Wildman–Crippen MR) is 61.8 cm³/mol. The number of thiazole rings is 1. The Morgan fingerprint density at radius 2 is 2.24 bits per heavy atom. The molecule has 0 saturated heterocycles. The highest BCUT2D eigenvalue weighted by Gasteiger charge is 2.11. The second-order valence-corrected chi connectivity index (χ2v) is 4.24. The van der Waals surface area contributed by atoms with E-state index in [1.807, 2.05) is 4.57 Å². The molecule has 0 aliphatic rings. The minimum Gasteiger partial charge on any atom is -0.461 e. The molecule has 0 aliphatic carbocycles. The Kier molecular flexibility index (Phi) is 3.81. The van der Waals surface area contributed by atoms with E-state index in [2.05, 4.69) is 15.2 Å². The molecule has 0 atom stereocenters. The highest BCUT2D eigenvalue weighted by Crippen LogP contribution is 2.12. The Morgan fingerprint density at radius 1 is 1.47 bits per heavy atom. The lowest BCUT2D eigenvalue weighted by Crippen LogP contribution is -2.05. The van der Waals surface area contributed by atoms with Gasteiger partial charge in [0.25, 0.3) is 0 Å². The van der Waals surface area contributed by atoms with Crippen LogP contribution in [0, 0.1) is 0 Å². The number of rotatable bonds is 5. The molecule has 0 unspecified atom stereocenters. The van der Waals surface area contributed by atoms with Crippen molar-refractivity contribution in [3.05, 3.63) is 28.7 Å². The fourth-order valence-corrected chi connectivity index (χ4v) is 2.04. The highest BCUT2D eigenvalue weighted by molar-refractivity contribution is 7.09. The number of esters is 1. The zero-order valence-corrected chi connectivity index (χ0v) is 10.2. The molecule has 0 N–H and O–H groups in total. The lowest BCUT2D eigenvalue weighted by atomic mass is 10.4. The summed E-state index contributed by atoms with van der Waals surface area (Å²) in [6, 6.07) is 0. The molecule has 2 heterocycles. The van der Waals surface area contributed by atoms with Crippen molar-refractivity contribution in [3.63, 3.8) is 0 Å². The fourth-order valence-electron chi connectivity index (χ4n) is 1.29. The van der Waals surface area contributed by atoms with Crippen molar-refractivity contribution in [1.82, 2.24) is 19.7 Å². The molecule has 7 heteroatoms. The number of hydrogen-bond acceptors (Lipinski definition) is 6. The molecule has 6 nitrogen and oxygen atoms in total. The Balaban J connectivity index is 1.92. The summed E-state index contributed by atoms with van der Waals surface area (Å²) in [5, 5.41) is 10.1. The molecule has 0 saturated carbocycles. The summed E-state index contributed by atoms with van der Waals surface area (Å²) in [7, 11) is 0. The number of nitrogens with zero attached hydrogens (tertiary/aromatic N) is 4. The minimum absolute atomic E-state index is 0.362. The normalized spacial score (nSPS) is 10.4. The number of ether oxygens (including phenoxy) is 1. The first-order chi connectivity index (χ1) is 8.29. The molecule has 2 rings (SSSR count). The average molecular weight is 252 g/mol.